The fourth-order valence-electron chi connectivity index (χ4n) is 2.20. The number of anilines is 1. The van der Waals surface area contributed by atoms with Gasteiger partial charge in [0.1, 0.15) is 0 Å². The van der Waals surface area contributed by atoms with Crippen LogP contribution >= 0.6 is 0 Å². The number of carbonyl (C=O) groups excluding carboxylic acids is 1. The Kier molecular flexibility index (Phi) is 5.97. The van der Waals surface area contributed by atoms with Crippen molar-refractivity contribution in [2.24, 2.45) is 0 Å². The number of ether oxygens (including phenoxy) is 2. The van der Waals surface area contributed by atoms with Gasteiger partial charge >= 0.3 is 6.18 Å². The average Bonchev–Trinajstić information content (AvgIpc) is 2.59. The summed E-state index contributed by atoms with van der Waals surface area (Å²) in [5.74, 6) is 0.202. The van der Waals surface area contributed by atoms with Crippen LogP contribution in [0.5, 0.6) is 11.5 Å². The predicted molar refractivity (Wildman–Crippen MR) is 91.3 cm³/mol. The molecule has 0 aliphatic rings. The van der Waals surface area contributed by atoms with Crippen molar-refractivity contribution in [3.05, 3.63) is 53.6 Å². The molecule has 2 aromatic carbocycles. The molecule has 0 atom stereocenters. The zero-order valence-corrected chi connectivity index (χ0v) is 14.5. The highest BCUT2D eigenvalue weighted by atomic mass is 19.4. The summed E-state index contributed by atoms with van der Waals surface area (Å²) in [6.45, 7) is 3.70. The Morgan fingerprint density at radius 3 is 2.38 bits per heavy atom. The number of carbonyl (C=O) groups is 1. The van der Waals surface area contributed by atoms with Crippen LogP contribution in [0.4, 0.5) is 18.9 Å². The molecule has 0 bridgehead atoms. The van der Waals surface area contributed by atoms with Gasteiger partial charge in [-0.3, -0.25) is 15.6 Å². The zero-order chi connectivity index (χ0) is 19.3. The summed E-state index contributed by atoms with van der Waals surface area (Å²) >= 11 is 0. The molecule has 0 unspecified atom stereocenters. The maximum Gasteiger partial charge on any atom is 0.418 e. The van der Waals surface area contributed by atoms with Gasteiger partial charge in [-0.15, -0.1) is 0 Å². The molecular weight excluding hydrogens is 349 g/mol. The third kappa shape index (κ3) is 4.81. The highest BCUT2D eigenvalue weighted by Crippen LogP contribution is 2.34. The van der Waals surface area contributed by atoms with Gasteiger partial charge in [-0.25, -0.2) is 0 Å². The molecule has 0 aromatic heterocycles. The Balaban J connectivity index is 2.14. The molecule has 0 saturated heterocycles. The van der Waals surface area contributed by atoms with E-state index in [1.165, 1.54) is 37.4 Å². The number of hydrogen-bond acceptors (Lipinski definition) is 4. The number of alkyl halides is 3. The van der Waals surface area contributed by atoms with Crippen molar-refractivity contribution in [3.8, 4) is 11.5 Å². The molecule has 0 fully saturated rings. The monoisotopic (exact) mass is 368 g/mol. The van der Waals surface area contributed by atoms with Gasteiger partial charge in [-0.1, -0.05) is 12.1 Å². The summed E-state index contributed by atoms with van der Waals surface area (Å²) < 4.78 is 49.6. The Morgan fingerprint density at radius 2 is 1.77 bits per heavy atom. The Labute approximate surface area is 149 Å². The number of hydrogen-bond donors (Lipinski definition) is 2. The molecule has 0 saturated carbocycles. The van der Waals surface area contributed by atoms with Crippen LogP contribution in [0.25, 0.3) is 0 Å². The molecule has 26 heavy (non-hydrogen) atoms. The van der Waals surface area contributed by atoms with Gasteiger partial charge in [0.2, 0.25) is 0 Å². The summed E-state index contributed by atoms with van der Waals surface area (Å²) in [7, 11) is 1.43. The standard InChI is InChI=1S/C18H19F3N2O3/c1-11(2)26-15-9-8-12(10-16(15)25-3)17(24)23-22-14-7-5-4-6-13(14)18(19,20)21/h4-11,22H,1-3H3,(H,23,24). The quantitative estimate of drug-likeness (QED) is 0.748. The lowest BCUT2D eigenvalue weighted by molar-refractivity contribution is -0.137. The number of benzene rings is 2. The number of para-hydroxylation sites is 1. The molecule has 1 amide bonds. The summed E-state index contributed by atoms with van der Waals surface area (Å²) in [4.78, 5) is 12.2. The fraction of sp³-hybridized carbons (Fsp3) is 0.278. The molecule has 0 radical (unpaired) electrons. The van der Waals surface area contributed by atoms with Crippen LogP contribution in [0.15, 0.2) is 42.5 Å². The van der Waals surface area contributed by atoms with Gasteiger partial charge in [-0.05, 0) is 44.2 Å². The summed E-state index contributed by atoms with van der Waals surface area (Å²) in [5, 5.41) is 0. The first-order valence-corrected chi connectivity index (χ1v) is 7.79. The van der Waals surface area contributed by atoms with Crippen molar-refractivity contribution in [1.29, 1.82) is 0 Å². The third-order valence-electron chi connectivity index (χ3n) is 3.33. The topological polar surface area (TPSA) is 59.6 Å². The Bertz CT molecular complexity index is 777. The minimum atomic E-state index is -4.53. The SMILES string of the molecule is COc1cc(C(=O)NNc2ccccc2C(F)(F)F)ccc1OC(C)C. The van der Waals surface area contributed by atoms with Crippen LogP contribution in [0, 0.1) is 0 Å². The second kappa shape index (κ2) is 7.99. The van der Waals surface area contributed by atoms with Gasteiger partial charge in [0.05, 0.1) is 24.5 Å². The van der Waals surface area contributed by atoms with Gasteiger partial charge in [0, 0.05) is 5.56 Å². The molecule has 0 aliphatic carbocycles. The maximum absolute atomic E-state index is 13.0. The van der Waals surface area contributed by atoms with Crippen LogP contribution in [0.2, 0.25) is 0 Å². The number of nitrogens with one attached hydrogen (secondary N) is 2. The van der Waals surface area contributed by atoms with E-state index >= 15 is 0 Å². The number of amides is 1. The molecule has 8 heteroatoms. The van der Waals surface area contributed by atoms with Crippen LogP contribution < -0.4 is 20.3 Å². The fourth-order valence-corrected chi connectivity index (χ4v) is 2.20. The van der Waals surface area contributed by atoms with Crippen LogP contribution in [-0.2, 0) is 6.18 Å². The summed E-state index contributed by atoms with van der Waals surface area (Å²) in [6, 6.07) is 9.37. The van der Waals surface area contributed by atoms with Gasteiger partial charge < -0.3 is 9.47 Å². The van der Waals surface area contributed by atoms with Crippen molar-refractivity contribution in [3.63, 3.8) is 0 Å². The number of halogens is 3. The van der Waals surface area contributed by atoms with Gasteiger partial charge in [-0.2, -0.15) is 13.2 Å². The minimum Gasteiger partial charge on any atom is -0.493 e. The first kappa shape index (κ1) is 19.4. The van der Waals surface area contributed by atoms with E-state index in [9.17, 15) is 18.0 Å². The molecule has 140 valence electrons. The molecule has 5 nitrogen and oxygen atoms in total. The zero-order valence-electron chi connectivity index (χ0n) is 14.5. The molecule has 0 heterocycles. The van der Waals surface area contributed by atoms with E-state index < -0.39 is 17.6 Å². The Morgan fingerprint density at radius 1 is 1.08 bits per heavy atom. The molecule has 2 aromatic rings. The van der Waals surface area contributed by atoms with E-state index in [1.54, 1.807) is 6.07 Å². The summed E-state index contributed by atoms with van der Waals surface area (Å²) in [6.07, 6.45) is -4.61. The van der Waals surface area contributed by atoms with Crippen molar-refractivity contribution in [2.75, 3.05) is 12.5 Å². The van der Waals surface area contributed by atoms with Crippen molar-refractivity contribution in [1.82, 2.24) is 5.43 Å². The number of methoxy groups -OCH3 is 1. The second-order valence-corrected chi connectivity index (χ2v) is 5.65. The normalized spacial score (nSPS) is 11.2. The first-order valence-electron chi connectivity index (χ1n) is 7.79. The molecular formula is C18H19F3N2O3. The highest BCUT2D eigenvalue weighted by molar-refractivity contribution is 5.95. The van der Waals surface area contributed by atoms with Crippen LogP contribution in [-0.4, -0.2) is 19.1 Å². The lowest BCUT2D eigenvalue weighted by Crippen LogP contribution is -2.30. The molecule has 2 N–H and O–H groups in total. The van der Waals surface area contributed by atoms with E-state index in [-0.39, 0.29) is 17.4 Å². The van der Waals surface area contributed by atoms with Crippen molar-refractivity contribution >= 4 is 11.6 Å². The lowest BCUT2D eigenvalue weighted by Gasteiger charge is -2.16. The third-order valence-corrected chi connectivity index (χ3v) is 3.33. The van der Waals surface area contributed by atoms with Crippen LogP contribution in [0.3, 0.4) is 0 Å². The van der Waals surface area contributed by atoms with E-state index in [4.69, 9.17) is 9.47 Å². The van der Waals surface area contributed by atoms with Gasteiger partial charge in [0.15, 0.2) is 11.5 Å². The number of hydrazine groups is 1. The molecule has 2 rings (SSSR count). The lowest BCUT2D eigenvalue weighted by atomic mass is 10.1. The van der Waals surface area contributed by atoms with E-state index in [0.717, 1.165) is 6.07 Å². The second-order valence-electron chi connectivity index (χ2n) is 5.65. The predicted octanol–water partition coefficient (Wildman–Crippen LogP) is 4.26. The summed E-state index contributed by atoms with van der Waals surface area (Å²) in [5.41, 5.74) is 3.64. The van der Waals surface area contributed by atoms with Crippen molar-refractivity contribution < 1.29 is 27.4 Å². The van der Waals surface area contributed by atoms with Crippen molar-refractivity contribution in [2.45, 2.75) is 26.1 Å². The highest BCUT2D eigenvalue weighted by Gasteiger charge is 2.33. The van der Waals surface area contributed by atoms with Gasteiger partial charge in [0.25, 0.3) is 5.91 Å². The molecule has 0 spiro atoms. The number of rotatable bonds is 6. The van der Waals surface area contributed by atoms with E-state index in [0.29, 0.717) is 11.5 Å². The smallest absolute Gasteiger partial charge is 0.418 e. The Hall–Kier alpha value is -2.90. The minimum absolute atomic E-state index is 0.0795. The largest absolute Gasteiger partial charge is 0.493 e. The average molecular weight is 368 g/mol. The van der Waals surface area contributed by atoms with E-state index in [1.807, 2.05) is 13.8 Å². The maximum atomic E-state index is 13.0. The van der Waals surface area contributed by atoms with Crippen LogP contribution in [0.1, 0.15) is 29.8 Å². The first-order chi connectivity index (χ1) is 12.2. The molecule has 0 aliphatic heterocycles. The van der Waals surface area contributed by atoms with E-state index in [2.05, 4.69) is 10.9 Å².